The molecule has 6 heteroatoms. The summed E-state index contributed by atoms with van der Waals surface area (Å²) in [4.78, 5) is 18.0. The maximum Gasteiger partial charge on any atom is 0.237 e. The van der Waals surface area contributed by atoms with Crippen molar-refractivity contribution in [1.82, 2.24) is 15.6 Å². The highest BCUT2D eigenvalue weighted by atomic mass is 35.5. The summed E-state index contributed by atoms with van der Waals surface area (Å²) in [5.74, 6) is 0.0964. The molecule has 2 heterocycles. The number of aryl methyl sites for hydroxylation is 1. The van der Waals surface area contributed by atoms with Crippen LogP contribution in [0.25, 0.3) is 10.6 Å². The third kappa shape index (κ3) is 4.10. The average molecular weight is 352 g/mol. The van der Waals surface area contributed by atoms with Crippen molar-refractivity contribution in [2.75, 3.05) is 6.54 Å². The van der Waals surface area contributed by atoms with Crippen LogP contribution in [0.5, 0.6) is 0 Å². The van der Waals surface area contributed by atoms with Crippen LogP contribution in [0.4, 0.5) is 0 Å². The molecule has 1 aliphatic heterocycles. The second-order valence-electron chi connectivity index (χ2n) is 5.71. The summed E-state index contributed by atoms with van der Waals surface area (Å²) in [5.41, 5.74) is 2.12. The Hall–Kier alpha value is -1.43. The Kier molecular flexibility index (Phi) is 6.16. The van der Waals surface area contributed by atoms with Gasteiger partial charge in [0, 0.05) is 5.56 Å². The molecule has 0 saturated carbocycles. The summed E-state index contributed by atoms with van der Waals surface area (Å²) in [6.07, 6.45) is 2.00. The quantitative estimate of drug-likeness (QED) is 0.886. The first-order chi connectivity index (χ1) is 10.6. The summed E-state index contributed by atoms with van der Waals surface area (Å²) in [7, 11) is 0. The molecule has 2 atom stereocenters. The zero-order valence-electron chi connectivity index (χ0n) is 13.3. The van der Waals surface area contributed by atoms with Crippen LogP contribution in [0, 0.1) is 6.92 Å². The van der Waals surface area contributed by atoms with Crippen molar-refractivity contribution in [1.29, 1.82) is 0 Å². The SMILES string of the molecule is Cc1nc(-c2ccccc2)sc1C(C)NC(=O)C1CCCN1.Cl. The largest absolute Gasteiger partial charge is 0.347 e. The Morgan fingerprint density at radius 1 is 1.39 bits per heavy atom. The van der Waals surface area contributed by atoms with Gasteiger partial charge in [0.05, 0.1) is 22.7 Å². The summed E-state index contributed by atoms with van der Waals surface area (Å²) >= 11 is 1.66. The number of thiazole rings is 1. The molecule has 0 aliphatic carbocycles. The molecule has 4 nitrogen and oxygen atoms in total. The molecule has 3 rings (SSSR count). The Morgan fingerprint density at radius 3 is 2.78 bits per heavy atom. The average Bonchev–Trinajstić information content (AvgIpc) is 3.17. The number of hydrogen-bond acceptors (Lipinski definition) is 4. The van der Waals surface area contributed by atoms with Gasteiger partial charge in [-0.05, 0) is 33.2 Å². The summed E-state index contributed by atoms with van der Waals surface area (Å²) in [5, 5.41) is 7.35. The molecule has 0 radical (unpaired) electrons. The standard InChI is InChI=1S/C17H21N3OS.ClH/c1-11(19-16(21)14-9-6-10-18-14)15-12(2)20-17(22-15)13-7-4-3-5-8-13;/h3-5,7-8,11,14,18H,6,9-10H2,1-2H3,(H,19,21);1H. The highest BCUT2D eigenvalue weighted by Gasteiger charge is 2.24. The highest BCUT2D eigenvalue weighted by molar-refractivity contribution is 7.15. The van der Waals surface area contributed by atoms with Crippen molar-refractivity contribution >= 4 is 29.7 Å². The van der Waals surface area contributed by atoms with Gasteiger partial charge in [-0.15, -0.1) is 23.7 Å². The molecule has 2 unspecified atom stereocenters. The van der Waals surface area contributed by atoms with Crippen LogP contribution in [0.1, 0.15) is 36.4 Å². The second kappa shape index (κ2) is 7.90. The van der Waals surface area contributed by atoms with Crippen molar-refractivity contribution < 1.29 is 4.79 Å². The molecular weight excluding hydrogens is 330 g/mol. The van der Waals surface area contributed by atoms with Crippen molar-refractivity contribution in [3.8, 4) is 10.6 Å². The number of hydrogen-bond donors (Lipinski definition) is 2. The lowest BCUT2D eigenvalue weighted by atomic mass is 10.2. The van der Waals surface area contributed by atoms with E-state index >= 15 is 0 Å². The van der Waals surface area contributed by atoms with E-state index in [1.54, 1.807) is 11.3 Å². The molecule has 1 saturated heterocycles. The Morgan fingerprint density at radius 2 is 2.13 bits per heavy atom. The van der Waals surface area contributed by atoms with E-state index in [1.165, 1.54) is 0 Å². The number of amides is 1. The second-order valence-corrected chi connectivity index (χ2v) is 6.74. The molecule has 1 aliphatic rings. The van der Waals surface area contributed by atoms with Gasteiger partial charge in [0.1, 0.15) is 5.01 Å². The van der Waals surface area contributed by atoms with Gasteiger partial charge in [-0.25, -0.2) is 4.98 Å². The van der Waals surface area contributed by atoms with E-state index in [9.17, 15) is 4.79 Å². The zero-order valence-corrected chi connectivity index (χ0v) is 15.0. The van der Waals surface area contributed by atoms with Gasteiger partial charge in [0.25, 0.3) is 0 Å². The van der Waals surface area contributed by atoms with Crippen LogP contribution in [-0.4, -0.2) is 23.5 Å². The van der Waals surface area contributed by atoms with Crippen LogP contribution in [-0.2, 0) is 4.79 Å². The number of benzene rings is 1. The number of nitrogens with one attached hydrogen (secondary N) is 2. The zero-order chi connectivity index (χ0) is 15.5. The van der Waals surface area contributed by atoms with Crippen LogP contribution in [0.2, 0.25) is 0 Å². The van der Waals surface area contributed by atoms with Crippen molar-refractivity contribution in [3.05, 3.63) is 40.9 Å². The highest BCUT2D eigenvalue weighted by Crippen LogP contribution is 2.31. The Balaban J connectivity index is 0.00000192. The molecule has 1 amide bonds. The fourth-order valence-corrected chi connectivity index (χ4v) is 3.88. The van der Waals surface area contributed by atoms with E-state index in [0.29, 0.717) is 0 Å². The number of carbonyl (C=O) groups is 1. The summed E-state index contributed by atoms with van der Waals surface area (Å²) in [6.45, 7) is 4.97. The van der Waals surface area contributed by atoms with Crippen LogP contribution < -0.4 is 10.6 Å². The fraction of sp³-hybridized carbons (Fsp3) is 0.412. The molecule has 2 N–H and O–H groups in total. The predicted octanol–water partition coefficient (Wildman–Crippen LogP) is 3.47. The lowest BCUT2D eigenvalue weighted by Gasteiger charge is -2.16. The topological polar surface area (TPSA) is 54.0 Å². The van der Waals surface area contributed by atoms with E-state index < -0.39 is 0 Å². The first-order valence-electron chi connectivity index (χ1n) is 7.71. The maximum atomic E-state index is 12.2. The summed E-state index contributed by atoms with van der Waals surface area (Å²) < 4.78 is 0. The normalized spacial score (nSPS) is 18.3. The molecular formula is C17H22ClN3OS. The molecule has 0 spiro atoms. The first kappa shape index (κ1) is 17.9. The van der Waals surface area contributed by atoms with E-state index in [0.717, 1.165) is 40.5 Å². The molecule has 23 heavy (non-hydrogen) atoms. The lowest BCUT2D eigenvalue weighted by molar-refractivity contribution is -0.123. The van der Waals surface area contributed by atoms with Gasteiger partial charge in [-0.3, -0.25) is 4.79 Å². The third-order valence-electron chi connectivity index (χ3n) is 3.98. The number of aromatic nitrogens is 1. The van der Waals surface area contributed by atoms with Gasteiger partial charge in [0.2, 0.25) is 5.91 Å². The van der Waals surface area contributed by atoms with Gasteiger partial charge in [-0.1, -0.05) is 30.3 Å². The van der Waals surface area contributed by atoms with Gasteiger partial charge >= 0.3 is 0 Å². The molecule has 0 bridgehead atoms. The number of halogens is 1. The van der Waals surface area contributed by atoms with Crippen LogP contribution in [0.15, 0.2) is 30.3 Å². The number of carbonyl (C=O) groups excluding carboxylic acids is 1. The predicted molar refractivity (Wildman–Crippen MR) is 97.1 cm³/mol. The molecule has 2 aromatic rings. The van der Waals surface area contributed by atoms with Gasteiger partial charge in [-0.2, -0.15) is 0 Å². The Labute approximate surface area is 147 Å². The van der Waals surface area contributed by atoms with E-state index in [-0.39, 0.29) is 30.4 Å². The molecule has 124 valence electrons. The minimum Gasteiger partial charge on any atom is -0.347 e. The van der Waals surface area contributed by atoms with Crippen molar-refractivity contribution in [2.24, 2.45) is 0 Å². The maximum absolute atomic E-state index is 12.2. The fourth-order valence-electron chi connectivity index (χ4n) is 2.80. The van der Waals surface area contributed by atoms with E-state index in [4.69, 9.17) is 0 Å². The van der Waals surface area contributed by atoms with E-state index in [1.807, 2.05) is 32.0 Å². The minimum atomic E-state index is -0.0377. The van der Waals surface area contributed by atoms with Crippen LogP contribution >= 0.6 is 23.7 Å². The van der Waals surface area contributed by atoms with E-state index in [2.05, 4.69) is 27.8 Å². The number of rotatable bonds is 4. The molecule has 1 aromatic carbocycles. The first-order valence-corrected chi connectivity index (χ1v) is 8.53. The molecule has 1 fully saturated rings. The number of nitrogens with zero attached hydrogens (tertiary/aromatic N) is 1. The van der Waals surface area contributed by atoms with Crippen molar-refractivity contribution in [2.45, 2.75) is 38.8 Å². The molecule has 1 aromatic heterocycles. The Bertz CT molecular complexity index is 653. The third-order valence-corrected chi connectivity index (χ3v) is 5.37. The van der Waals surface area contributed by atoms with Gasteiger partial charge < -0.3 is 10.6 Å². The summed E-state index contributed by atoms with van der Waals surface area (Å²) in [6, 6.07) is 10.1. The minimum absolute atomic E-state index is 0. The monoisotopic (exact) mass is 351 g/mol. The van der Waals surface area contributed by atoms with Crippen LogP contribution in [0.3, 0.4) is 0 Å². The van der Waals surface area contributed by atoms with Gasteiger partial charge in [0.15, 0.2) is 0 Å². The van der Waals surface area contributed by atoms with Crippen molar-refractivity contribution in [3.63, 3.8) is 0 Å². The lowest BCUT2D eigenvalue weighted by Crippen LogP contribution is -2.41. The smallest absolute Gasteiger partial charge is 0.237 e.